The highest BCUT2D eigenvalue weighted by Crippen LogP contribution is 2.53. The number of methoxy groups -OCH3 is 2. The number of para-hydroxylation sites is 1. The van der Waals surface area contributed by atoms with Gasteiger partial charge in [-0.25, -0.2) is 3.97 Å². The van der Waals surface area contributed by atoms with Gasteiger partial charge in [-0.3, -0.25) is 0 Å². The lowest BCUT2D eigenvalue weighted by Crippen LogP contribution is -2.43. The third-order valence-corrected chi connectivity index (χ3v) is 11.4. The summed E-state index contributed by atoms with van der Waals surface area (Å²) in [5.41, 5.74) is 6.56. The molecule has 1 aliphatic carbocycles. The van der Waals surface area contributed by atoms with E-state index in [9.17, 15) is 8.42 Å². The highest BCUT2D eigenvalue weighted by atomic mass is 35.5. The summed E-state index contributed by atoms with van der Waals surface area (Å²) in [6.07, 6.45) is 4.45. The van der Waals surface area contributed by atoms with Gasteiger partial charge in [0.1, 0.15) is 0 Å². The first kappa shape index (κ1) is 28.6. The van der Waals surface area contributed by atoms with Crippen molar-refractivity contribution in [1.82, 2.24) is 23.0 Å². The van der Waals surface area contributed by atoms with E-state index in [4.69, 9.17) is 35.3 Å². The Morgan fingerprint density at radius 2 is 1.80 bits per heavy atom. The summed E-state index contributed by atoms with van der Waals surface area (Å²) in [6.45, 7) is 4.00. The zero-order chi connectivity index (χ0) is 31.0. The minimum Gasteiger partial charge on any atom is -0.493 e. The number of ether oxygens (including phenoxy) is 3. The van der Waals surface area contributed by atoms with Crippen LogP contribution in [0, 0.1) is 6.92 Å². The van der Waals surface area contributed by atoms with E-state index >= 15 is 0 Å². The van der Waals surface area contributed by atoms with Crippen LogP contribution in [-0.2, 0) is 27.9 Å². The van der Waals surface area contributed by atoms with Gasteiger partial charge in [0.05, 0.1) is 49.2 Å². The average Bonchev–Trinajstić information content (AvgIpc) is 3.55. The Morgan fingerprint density at radius 3 is 2.53 bits per heavy atom. The Balaban J connectivity index is 1.42. The fraction of sp³-hybridized carbons (Fsp3) is 0.375. The summed E-state index contributed by atoms with van der Waals surface area (Å²) in [6, 6.07) is 9.52. The Kier molecular flexibility index (Phi) is 6.75. The van der Waals surface area contributed by atoms with Crippen molar-refractivity contribution in [2.45, 2.75) is 38.6 Å². The second-order valence-electron chi connectivity index (χ2n) is 11.6. The first-order valence-corrected chi connectivity index (χ1v) is 16.8. The molecule has 13 heteroatoms. The predicted molar refractivity (Wildman–Crippen MR) is 169 cm³/mol. The zero-order valence-electron chi connectivity index (χ0n) is 25.2. The number of morpholine rings is 1. The molecule has 3 aromatic heterocycles. The topological polar surface area (TPSA) is 114 Å². The van der Waals surface area contributed by atoms with Crippen molar-refractivity contribution >= 4 is 32.7 Å². The monoisotopic (exact) mass is 649 g/mol. The van der Waals surface area contributed by atoms with Gasteiger partial charge in [-0.05, 0) is 43.9 Å². The molecule has 0 N–H and O–H groups in total. The van der Waals surface area contributed by atoms with E-state index in [1.807, 2.05) is 30.3 Å². The van der Waals surface area contributed by atoms with E-state index in [-0.39, 0.29) is 5.92 Å². The SMILES string of the molecule is COc1cc2c(c(Cl)c1OC)CCn1c(C)c(-c3cn(S(=O)(=O)N4CCOCC4)c4ccccc34)c(-c3nc(C4CC4)no3)c1-2. The molecule has 45 heavy (non-hydrogen) atoms. The molecule has 0 bridgehead atoms. The van der Waals surface area contributed by atoms with Gasteiger partial charge in [0.25, 0.3) is 5.89 Å². The Morgan fingerprint density at radius 1 is 1.02 bits per heavy atom. The van der Waals surface area contributed by atoms with E-state index in [1.165, 1.54) is 8.28 Å². The number of hydrogen-bond acceptors (Lipinski definition) is 8. The van der Waals surface area contributed by atoms with Gasteiger partial charge >= 0.3 is 10.2 Å². The van der Waals surface area contributed by atoms with Crippen molar-refractivity contribution < 1.29 is 27.2 Å². The maximum absolute atomic E-state index is 14.0. The molecule has 5 heterocycles. The third-order valence-electron chi connectivity index (χ3n) is 9.17. The molecule has 2 aromatic carbocycles. The van der Waals surface area contributed by atoms with E-state index < -0.39 is 10.2 Å². The molecule has 11 nitrogen and oxygen atoms in total. The maximum atomic E-state index is 14.0. The van der Waals surface area contributed by atoms with Crippen molar-refractivity contribution in [3.63, 3.8) is 0 Å². The number of hydrogen-bond donors (Lipinski definition) is 0. The van der Waals surface area contributed by atoms with Crippen LogP contribution in [0.1, 0.15) is 35.8 Å². The van der Waals surface area contributed by atoms with Gasteiger partial charge in [0, 0.05) is 59.5 Å². The van der Waals surface area contributed by atoms with Crippen molar-refractivity contribution in [2.75, 3.05) is 40.5 Å². The van der Waals surface area contributed by atoms with Crippen LogP contribution in [0.15, 0.2) is 41.1 Å². The molecule has 0 radical (unpaired) electrons. The number of rotatable bonds is 7. The first-order chi connectivity index (χ1) is 21.8. The molecule has 3 aliphatic rings. The second kappa shape index (κ2) is 10.6. The van der Waals surface area contributed by atoms with E-state index in [2.05, 4.69) is 16.6 Å². The summed E-state index contributed by atoms with van der Waals surface area (Å²) >= 11 is 6.95. The van der Waals surface area contributed by atoms with Crippen molar-refractivity contribution in [2.24, 2.45) is 0 Å². The summed E-state index contributed by atoms with van der Waals surface area (Å²) in [5.74, 6) is 2.36. The maximum Gasteiger partial charge on any atom is 0.308 e. The van der Waals surface area contributed by atoms with Crippen LogP contribution >= 0.6 is 11.6 Å². The fourth-order valence-corrected chi connectivity index (χ4v) is 8.66. The quantitative estimate of drug-likeness (QED) is 0.222. The summed E-state index contributed by atoms with van der Waals surface area (Å²) in [5, 5.41) is 5.67. The van der Waals surface area contributed by atoms with E-state index in [0.717, 1.165) is 57.4 Å². The van der Waals surface area contributed by atoms with Gasteiger partial charge in [0.2, 0.25) is 0 Å². The van der Waals surface area contributed by atoms with Crippen LogP contribution in [-0.4, -0.2) is 71.9 Å². The first-order valence-electron chi connectivity index (χ1n) is 15.0. The molecule has 2 fully saturated rings. The lowest BCUT2D eigenvalue weighted by atomic mass is 9.93. The van der Waals surface area contributed by atoms with Crippen LogP contribution in [0.25, 0.3) is 44.7 Å². The number of halogens is 1. The van der Waals surface area contributed by atoms with Crippen molar-refractivity contribution in [3.05, 3.63) is 58.6 Å². The van der Waals surface area contributed by atoms with Gasteiger partial charge in [-0.15, -0.1) is 0 Å². The molecule has 2 aliphatic heterocycles. The van der Waals surface area contributed by atoms with Crippen LogP contribution in [0.3, 0.4) is 0 Å². The number of fused-ring (bicyclic) bond motifs is 4. The molecule has 1 saturated carbocycles. The lowest BCUT2D eigenvalue weighted by molar-refractivity contribution is 0.0726. The van der Waals surface area contributed by atoms with Crippen molar-refractivity contribution in [3.8, 4) is 45.3 Å². The Hall–Kier alpha value is -3.84. The summed E-state index contributed by atoms with van der Waals surface area (Å²) < 4.78 is 56.0. The van der Waals surface area contributed by atoms with Crippen molar-refractivity contribution in [1.29, 1.82) is 0 Å². The standard InChI is InChI=1S/C32H32ClN5O6S/c1-18-26(23-17-38(24-7-5-4-6-20(23)24)45(39,40)36-12-14-43-15-13-36)27(32-34-31(35-44-32)19-8-9-19)29-22-16-25(41-2)30(42-3)28(33)21(22)10-11-37(18)29/h4-7,16-17,19H,8-15H2,1-3H3. The highest BCUT2D eigenvalue weighted by molar-refractivity contribution is 7.87. The largest absolute Gasteiger partial charge is 0.493 e. The predicted octanol–water partition coefficient (Wildman–Crippen LogP) is 5.66. The van der Waals surface area contributed by atoms with Crippen LogP contribution < -0.4 is 9.47 Å². The normalized spacial score (nSPS) is 17.0. The number of aromatic nitrogens is 4. The molecule has 1 saturated heterocycles. The average molecular weight is 650 g/mol. The zero-order valence-corrected chi connectivity index (χ0v) is 26.7. The van der Waals surface area contributed by atoms with Gasteiger partial charge in [-0.2, -0.15) is 17.7 Å². The van der Waals surface area contributed by atoms with Gasteiger partial charge in [0.15, 0.2) is 17.3 Å². The number of nitrogens with zero attached hydrogens (tertiary/aromatic N) is 5. The Bertz CT molecular complexity index is 2090. The van der Waals surface area contributed by atoms with E-state index in [0.29, 0.717) is 73.0 Å². The molecule has 8 rings (SSSR count). The minimum absolute atomic E-state index is 0.289. The van der Waals surface area contributed by atoms with Crippen LogP contribution in [0.5, 0.6) is 11.5 Å². The molecule has 5 aromatic rings. The molecule has 234 valence electrons. The van der Waals surface area contributed by atoms with Crippen LogP contribution in [0.2, 0.25) is 5.02 Å². The molecular weight excluding hydrogens is 618 g/mol. The third kappa shape index (κ3) is 4.33. The fourth-order valence-electron chi connectivity index (χ4n) is 6.79. The van der Waals surface area contributed by atoms with Gasteiger partial charge in [-0.1, -0.05) is 35.0 Å². The summed E-state index contributed by atoms with van der Waals surface area (Å²) in [4.78, 5) is 4.90. The highest BCUT2D eigenvalue weighted by Gasteiger charge is 2.37. The number of benzene rings is 2. The molecular formula is C32H32ClN5O6S. The molecule has 0 spiro atoms. The minimum atomic E-state index is -3.87. The van der Waals surface area contributed by atoms with E-state index in [1.54, 1.807) is 20.4 Å². The van der Waals surface area contributed by atoms with Gasteiger partial charge < -0.3 is 23.3 Å². The smallest absolute Gasteiger partial charge is 0.308 e. The Labute approximate surface area is 265 Å². The molecule has 0 amide bonds. The second-order valence-corrected chi connectivity index (χ2v) is 13.8. The lowest BCUT2D eigenvalue weighted by Gasteiger charge is -2.26. The molecule has 0 atom stereocenters. The summed E-state index contributed by atoms with van der Waals surface area (Å²) in [7, 11) is -0.710. The molecule has 0 unspecified atom stereocenters. The van der Waals surface area contributed by atoms with Crippen LogP contribution in [0.4, 0.5) is 0 Å².